The highest BCUT2D eigenvalue weighted by molar-refractivity contribution is 6.21. The number of hydrogen-bond donors (Lipinski definition) is 0. The Kier molecular flexibility index (Phi) is 5.68. The Balaban J connectivity index is 1.18. The fourth-order valence-electron chi connectivity index (χ4n) is 4.88. The fraction of sp³-hybridized carbons (Fsp3) is 0.360. The Morgan fingerprint density at radius 2 is 1.45 bits per heavy atom. The summed E-state index contributed by atoms with van der Waals surface area (Å²) in [5, 5.41) is 4.55. The third-order valence-electron chi connectivity index (χ3n) is 6.65. The molecule has 170 valence electrons. The maximum Gasteiger partial charge on any atom is 0.350 e. The average Bonchev–Trinajstić information content (AvgIpc) is 3.28. The molecule has 8 nitrogen and oxygen atoms in total. The van der Waals surface area contributed by atoms with Crippen LogP contribution < -0.4 is 5.69 Å². The van der Waals surface area contributed by atoms with Crippen LogP contribution in [0.15, 0.2) is 59.4 Å². The zero-order valence-electron chi connectivity index (χ0n) is 18.7. The number of carbonyl (C=O) groups is 2. The molecule has 2 aliphatic heterocycles. The summed E-state index contributed by atoms with van der Waals surface area (Å²) in [6, 6.07) is 16.7. The lowest BCUT2D eigenvalue weighted by Gasteiger charge is -2.31. The quantitative estimate of drug-likeness (QED) is 0.545. The number of rotatable bonds is 6. The fourth-order valence-corrected chi connectivity index (χ4v) is 4.88. The predicted octanol–water partition coefficient (Wildman–Crippen LogP) is 2.44. The minimum absolute atomic E-state index is 0.125. The molecule has 2 amide bonds. The molecule has 3 aromatic rings. The Labute approximate surface area is 192 Å². The van der Waals surface area contributed by atoms with E-state index in [9.17, 15) is 14.4 Å². The van der Waals surface area contributed by atoms with Crippen LogP contribution >= 0.6 is 0 Å². The summed E-state index contributed by atoms with van der Waals surface area (Å²) in [4.78, 5) is 41.5. The molecule has 0 radical (unpaired) electrons. The molecule has 0 saturated carbocycles. The van der Waals surface area contributed by atoms with E-state index in [1.54, 1.807) is 35.9 Å². The minimum atomic E-state index is -0.191. The van der Waals surface area contributed by atoms with Gasteiger partial charge in [-0.1, -0.05) is 30.3 Å². The molecule has 8 heteroatoms. The van der Waals surface area contributed by atoms with Crippen LogP contribution in [0.1, 0.15) is 51.7 Å². The van der Waals surface area contributed by atoms with Crippen LogP contribution in [0.2, 0.25) is 0 Å². The number of aromatic nitrogens is 3. The second-order valence-corrected chi connectivity index (χ2v) is 8.71. The number of imide groups is 1. The van der Waals surface area contributed by atoms with Gasteiger partial charge in [0.2, 0.25) is 0 Å². The molecule has 0 aliphatic carbocycles. The standard InChI is InChI=1S/C25H27N5O3/c1-27-25(33)30(19-8-3-2-4-9-19)22(26-27)18-12-16-28(17-13-18)14-7-15-29-23(31)20-10-5-6-11-21(20)24(29)32/h2-6,8-11,18H,7,12-17H2,1H3. The Hall–Kier alpha value is -3.52. The van der Waals surface area contributed by atoms with Crippen LogP contribution in [0, 0.1) is 0 Å². The van der Waals surface area contributed by atoms with Crippen LogP contribution in [-0.2, 0) is 7.05 Å². The summed E-state index contributed by atoms with van der Waals surface area (Å²) in [5.41, 5.74) is 1.72. The number of nitrogens with zero attached hydrogens (tertiary/aromatic N) is 5. The summed E-state index contributed by atoms with van der Waals surface area (Å²) >= 11 is 0. The molecule has 0 spiro atoms. The molecule has 1 fully saturated rings. The van der Waals surface area contributed by atoms with Gasteiger partial charge in [0.1, 0.15) is 5.82 Å². The van der Waals surface area contributed by atoms with E-state index < -0.39 is 0 Å². The molecule has 0 bridgehead atoms. The SMILES string of the molecule is Cn1nc(C2CCN(CCCN3C(=O)c4ccccc4C3=O)CC2)n(-c2ccccc2)c1=O. The lowest BCUT2D eigenvalue weighted by Crippen LogP contribution is -2.37. The van der Waals surface area contributed by atoms with Gasteiger partial charge in [-0.25, -0.2) is 14.0 Å². The third kappa shape index (κ3) is 3.91. The molecule has 1 saturated heterocycles. The van der Waals surface area contributed by atoms with Crippen molar-refractivity contribution in [3.63, 3.8) is 0 Å². The first kappa shape index (κ1) is 21.3. The molecular formula is C25H27N5O3. The van der Waals surface area contributed by atoms with Gasteiger partial charge in [-0.2, -0.15) is 5.10 Å². The summed E-state index contributed by atoms with van der Waals surface area (Å²) in [5.74, 6) is 0.651. The highest BCUT2D eigenvalue weighted by Gasteiger charge is 2.34. The average molecular weight is 446 g/mol. The van der Waals surface area contributed by atoms with Gasteiger partial charge in [-0.15, -0.1) is 0 Å². The number of fused-ring (bicyclic) bond motifs is 1. The first-order valence-corrected chi connectivity index (χ1v) is 11.4. The summed E-state index contributed by atoms with van der Waals surface area (Å²) in [6.45, 7) is 3.05. The van der Waals surface area contributed by atoms with E-state index in [0.29, 0.717) is 17.7 Å². The third-order valence-corrected chi connectivity index (χ3v) is 6.65. The number of likely N-dealkylation sites (tertiary alicyclic amines) is 1. The van der Waals surface area contributed by atoms with Crippen molar-refractivity contribution in [1.29, 1.82) is 0 Å². The number of carbonyl (C=O) groups excluding carboxylic acids is 2. The maximum atomic E-state index is 12.7. The van der Waals surface area contributed by atoms with Gasteiger partial charge in [-0.05, 0) is 63.2 Å². The van der Waals surface area contributed by atoms with E-state index >= 15 is 0 Å². The molecular weight excluding hydrogens is 418 g/mol. The number of aryl methyl sites for hydroxylation is 1. The van der Waals surface area contributed by atoms with E-state index in [4.69, 9.17) is 0 Å². The largest absolute Gasteiger partial charge is 0.350 e. The van der Waals surface area contributed by atoms with Crippen molar-refractivity contribution >= 4 is 11.8 Å². The number of para-hydroxylation sites is 1. The Bertz CT molecular complexity index is 1200. The number of benzene rings is 2. The van der Waals surface area contributed by atoms with Crippen molar-refractivity contribution in [2.45, 2.75) is 25.2 Å². The Morgan fingerprint density at radius 3 is 2.09 bits per heavy atom. The van der Waals surface area contributed by atoms with Crippen molar-refractivity contribution in [1.82, 2.24) is 24.1 Å². The van der Waals surface area contributed by atoms with Crippen LogP contribution in [-0.4, -0.2) is 62.1 Å². The highest BCUT2D eigenvalue weighted by atomic mass is 16.2. The maximum absolute atomic E-state index is 12.7. The molecule has 1 aromatic heterocycles. The first-order chi connectivity index (χ1) is 16.0. The van der Waals surface area contributed by atoms with Gasteiger partial charge in [0.15, 0.2) is 0 Å². The van der Waals surface area contributed by atoms with Gasteiger partial charge >= 0.3 is 5.69 Å². The second kappa shape index (κ2) is 8.78. The zero-order valence-corrected chi connectivity index (χ0v) is 18.7. The summed E-state index contributed by atoms with van der Waals surface area (Å²) < 4.78 is 3.14. The highest BCUT2D eigenvalue weighted by Crippen LogP contribution is 2.28. The van der Waals surface area contributed by atoms with E-state index in [2.05, 4.69) is 10.00 Å². The van der Waals surface area contributed by atoms with Crippen LogP contribution in [0.3, 0.4) is 0 Å². The summed E-state index contributed by atoms with van der Waals surface area (Å²) in [7, 11) is 1.69. The van der Waals surface area contributed by atoms with E-state index in [1.807, 2.05) is 30.3 Å². The van der Waals surface area contributed by atoms with Gasteiger partial charge in [0.05, 0.1) is 16.8 Å². The van der Waals surface area contributed by atoms with E-state index in [1.165, 1.54) is 9.58 Å². The lowest BCUT2D eigenvalue weighted by atomic mass is 9.95. The Morgan fingerprint density at radius 1 is 0.848 bits per heavy atom. The number of amides is 2. The molecule has 0 N–H and O–H groups in total. The minimum Gasteiger partial charge on any atom is -0.303 e. The smallest absolute Gasteiger partial charge is 0.303 e. The van der Waals surface area contributed by atoms with Crippen LogP contribution in [0.4, 0.5) is 0 Å². The van der Waals surface area contributed by atoms with Gasteiger partial charge < -0.3 is 4.90 Å². The van der Waals surface area contributed by atoms with Crippen molar-refractivity contribution < 1.29 is 9.59 Å². The molecule has 3 heterocycles. The predicted molar refractivity (Wildman–Crippen MR) is 124 cm³/mol. The van der Waals surface area contributed by atoms with Gasteiger partial charge in [-0.3, -0.25) is 14.5 Å². The van der Waals surface area contributed by atoms with E-state index in [0.717, 1.165) is 50.4 Å². The van der Waals surface area contributed by atoms with Crippen LogP contribution in [0.25, 0.3) is 5.69 Å². The molecule has 2 aromatic carbocycles. The molecule has 33 heavy (non-hydrogen) atoms. The normalized spacial score (nSPS) is 17.1. The molecule has 0 atom stereocenters. The van der Waals surface area contributed by atoms with Crippen molar-refractivity contribution in [3.8, 4) is 5.69 Å². The van der Waals surface area contributed by atoms with Crippen molar-refractivity contribution in [2.24, 2.45) is 7.05 Å². The number of hydrogen-bond acceptors (Lipinski definition) is 5. The van der Waals surface area contributed by atoms with Crippen molar-refractivity contribution in [2.75, 3.05) is 26.2 Å². The zero-order chi connectivity index (χ0) is 22.9. The lowest BCUT2D eigenvalue weighted by molar-refractivity contribution is 0.0645. The van der Waals surface area contributed by atoms with Gasteiger partial charge in [0, 0.05) is 19.5 Å². The van der Waals surface area contributed by atoms with Crippen LogP contribution in [0.5, 0.6) is 0 Å². The van der Waals surface area contributed by atoms with Gasteiger partial charge in [0.25, 0.3) is 11.8 Å². The van der Waals surface area contributed by atoms with Crippen molar-refractivity contribution in [3.05, 3.63) is 82.0 Å². The van der Waals surface area contributed by atoms with E-state index in [-0.39, 0.29) is 23.4 Å². The second-order valence-electron chi connectivity index (χ2n) is 8.71. The number of piperidine rings is 1. The first-order valence-electron chi connectivity index (χ1n) is 11.4. The summed E-state index contributed by atoms with van der Waals surface area (Å²) in [6.07, 6.45) is 2.57. The monoisotopic (exact) mass is 445 g/mol. The topological polar surface area (TPSA) is 80.4 Å². The molecule has 2 aliphatic rings. The molecule has 0 unspecified atom stereocenters. The molecule has 5 rings (SSSR count).